The molecule has 10 heteroatoms. The number of methoxy groups -OCH3 is 2. The van der Waals surface area contributed by atoms with E-state index in [1.807, 2.05) is 44.2 Å². The number of rotatable bonds is 15. The summed E-state index contributed by atoms with van der Waals surface area (Å²) in [5.41, 5.74) is -0.0490. The minimum absolute atomic E-state index is 0.00278. The topological polar surface area (TPSA) is 119 Å². The number of para-hydroxylation sites is 1. The zero-order chi connectivity index (χ0) is 27.4. The summed E-state index contributed by atoms with van der Waals surface area (Å²) in [6, 6.07) is 10.7. The molecule has 202 valence electrons. The number of hydrogen-bond acceptors (Lipinski definition) is 10. The van der Waals surface area contributed by atoms with E-state index in [0.717, 1.165) is 0 Å². The van der Waals surface area contributed by atoms with Crippen molar-refractivity contribution in [2.24, 2.45) is 11.8 Å². The van der Waals surface area contributed by atoms with Gasteiger partial charge in [0.2, 0.25) is 6.79 Å². The first-order valence-corrected chi connectivity index (χ1v) is 11.9. The van der Waals surface area contributed by atoms with Crippen LogP contribution in [0.25, 0.3) is 0 Å². The summed E-state index contributed by atoms with van der Waals surface area (Å²) < 4.78 is 32.7. The Balaban J connectivity index is 2.13. The second-order valence-electron chi connectivity index (χ2n) is 8.69. The Kier molecular flexibility index (Phi) is 11.8. The Labute approximate surface area is 217 Å². The number of nitrogens with zero attached hydrogens (tertiary/aromatic N) is 1. The Morgan fingerprint density at radius 2 is 1.70 bits per heavy atom. The van der Waals surface area contributed by atoms with Gasteiger partial charge in [-0.25, -0.2) is 4.98 Å². The van der Waals surface area contributed by atoms with Gasteiger partial charge in [0.15, 0.2) is 29.1 Å². The molecule has 0 spiro atoms. The third-order valence-electron chi connectivity index (χ3n) is 5.35. The maximum Gasteiger partial charge on any atom is 0.309 e. The van der Waals surface area contributed by atoms with Crippen LogP contribution in [-0.2, 0) is 23.8 Å². The third-order valence-corrected chi connectivity index (χ3v) is 5.35. The van der Waals surface area contributed by atoms with Gasteiger partial charge in [0.25, 0.3) is 0 Å². The average molecular weight is 518 g/mol. The second-order valence-corrected chi connectivity index (χ2v) is 8.69. The van der Waals surface area contributed by atoms with Crippen molar-refractivity contribution in [3.63, 3.8) is 0 Å². The molecule has 1 aromatic carbocycles. The number of esters is 2. The van der Waals surface area contributed by atoms with Crippen molar-refractivity contribution in [3.05, 3.63) is 48.3 Å². The lowest BCUT2D eigenvalue weighted by molar-refractivity contribution is -0.163. The van der Waals surface area contributed by atoms with Crippen molar-refractivity contribution >= 4 is 17.7 Å². The number of ether oxygens (including phenoxy) is 6. The Hall–Kier alpha value is -3.66. The maximum atomic E-state index is 13.1. The highest BCUT2D eigenvalue weighted by molar-refractivity contribution is 5.99. The SMILES string of the molecule is COC[C@@H](OC(=O)[C@H](C)CC(=O)c1nccc(OC)c1OCOC(C)=O)[C@H](Oc1ccccc1)C(C)C. The fourth-order valence-corrected chi connectivity index (χ4v) is 3.48. The summed E-state index contributed by atoms with van der Waals surface area (Å²) in [5.74, 6) is -1.49. The number of carbonyl (C=O) groups is 3. The fourth-order valence-electron chi connectivity index (χ4n) is 3.48. The number of pyridine rings is 1. The molecule has 0 bridgehead atoms. The molecule has 0 unspecified atom stereocenters. The van der Waals surface area contributed by atoms with Crippen LogP contribution in [0.2, 0.25) is 0 Å². The van der Waals surface area contributed by atoms with Crippen molar-refractivity contribution in [2.75, 3.05) is 27.6 Å². The molecule has 37 heavy (non-hydrogen) atoms. The monoisotopic (exact) mass is 517 g/mol. The molecule has 0 amide bonds. The Morgan fingerprint density at radius 1 is 1.00 bits per heavy atom. The number of hydrogen-bond donors (Lipinski definition) is 0. The molecule has 0 saturated heterocycles. The lowest BCUT2D eigenvalue weighted by Gasteiger charge is -2.30. The van der Waals surface area contributed by atoms with Crippen molar-refractivity contribution in [1.29, 1.82) is 0 Å². The average Bonchev–Trinajstić information content (AvgIpc) is 2.87. The molecule has 2 rings (SSSR count). The van der Waals surface area contributed by atoms with Crippen LogP contribution in [0, 0.1) is 11.8 Å². The van der Waals surface area contributed by atoms with Gasteiger partial charge in [-0.15, -0.1) is 0 Å². The van der Waals surface area contributed by atoms with Gasteiger partial charge in [-0.05, 0) is 18.1 Å². The number of Topliss-reactive ketones (excluding diaryl/α,β-unsaturated/α-hetero) is 1. The minimum Gasteiger partial charge on any atom is -0.493 e. The lowest BCUT2D eigenvalue weighted by atomic mass is 10.00. The van der Waals surface area contributed by atoms with E-state index in [1.54, 1.807) is 6.92 Å². The molecule has 0 aliphatic carbocycles. The van der Waals surface area contributed by atoms with Crippen LogP contribution in [0.1, 0.15) is 44.6 Å². The van der Waals surface area contributed by atoms with Crippen molar-refractivity contribution in [3.8, 4) is 17.2 Å². The van der Waals surface area contributed by atoms with E-state index in [1.165, 1.54) is 33.4 Å². The van der Waals surface area contributed by atoms with Crippen LogP contribution in [-0.4, -0.2) is 62.5 Å². The Morgan fingerprint density at radius 3 is 2.30 bits per heavy atom. The summed E-state index contributed by atoms with van der Waals surface area (Å²) in [6.07, 6.45) is 0.00810. The summed E-state index contributed by atoms with van der Waals surface area (Å²) in [6.45, 7) is 6.44. The molecule has 1 aromatic heterocycles. The molecule has 0 radical (unpaired) electrons. The van der Waals surface area contributed by atoms with Gasteiger partial charge in [-0.1, -0.05) is 39.0 Å². The van der Waals surface area contributed by atoms with Crippen molar-refractivity contribution in [1.82, 2.24) is 4.98 Å². The van der Waals surface area contributed by atoms with E-state index in [4.69, 9.17) is 28.4 Å². The predicted molar refractivity (Wildman–Crippen MR) is 134 cm³/mol. The zero-order valence-corrected chi connectivity index (χ0v) is 22.1. The van der Waals surface area contributed by atoms with Gasteiger partial charge in [0.1, 0.15) is 11.9 Å². The molecule has 10 nitrogen and oxygen atoms in total. The predicted octanol–water partition coefficient (Wildman–Crippen LogP) is 3.86. The van der Waals surface area contributed by atoms with Gasteiger partial charge >= 0.3 is 11.9 Å². The summed E-state index contributed by atoms with van der Waals surface area (Å²) >= 11 is 0. The largest absolute Gasteiger partial charge is 0.493 e. The molecule has 3 atom stereocenters. The van der Waals surface area contributed by atoms with Crippen LogP contribution >= 0.6 is 0 Å². The third kappa shape index (κ3) is 9.05. The van der Waals surface area contributed by atoms with E-state index in [2.05, 4.69) is 4.98 Å². The fraction of sp³-hybridized carbons (Fsp3) is 0.481. The molecule has 0 N–H and O–H groups in total. The highest BCUT2D eigenvalue weighted by atomic mass is 16.7. The first-order chi connectivity index (χ1) is 17.7. The maximum absolute atomic E-state index is 13.1. The highest BCUT2D eigenvalue weighted by Crippen LogP contribution is 2.31. The lowest BCUT2D eigenvalue weighted by Crippen LogP contribution is -2.43. The number of carbonyl (C=O) groups excluding carboxylic acids is 3. The molecule has 0 saturated carbocycles. The smallest absolute Gasteiger partial charge is 0.309 e. The summed E-state index contributed by atoms with van der Waals surface area (Å²) in [5, 5.41) is 0. The van der Waals surface area contributed by atoms with E-state index < -0.39 is 42.6 Å². The summed E-state index contributed by atoms with van der Waals surface area (Å²) in [7, 11) is 2.92. The molecule has 0 fully saturated rings. The number of ketones is 1. The van der Waals surface area contributed by atoms with Gasteiger partial charge in [-0.2, -0.15) is 0 Å². The van der Waals surface area contributed by atoms with Gasteiger partial charge in [0.05, 0.1) is 19.6 Å². The van der Waals surface area contributed by atoms with Gasteiger partial charge in [0, 0.05) is 32.7 Å². The molecular formula is C27H35NO9. The highest BCUT2D eigenvalue weighted by Gasteiger charge is 2.33. The normalized spacial score (nSPS) is 13.3. The molecule has 2 aromatic rings. The van der Waals surface area contributed by atoms with Crippen molar-refractivity contribution in [2.45, 2.75) is 46.3 Å². The van der Waals surface area contributed by atoms with E-state index in [-0.39, 0.29) is 36.1 Å². The van der Waals surface area contributed by atoms with Crippen LogP contribution in [0.4, 0.5) is 0 Å². The number of aromatic nitrogens is 1. The van der Waals surface area contributed by atoms with Gasteiger partial charge in [-0.3, -0.25) is 14.4 Å². The first-order valence-electron chi connectivity index (χ1n) is 11.9. The molecule has 0 aliphatic heterocycles. The van der Waals surface area contributed by atoms with E-state index in [9.17, 15) is 14.4 Å². The van der Waals surface area contributed by atoms with Crippen LogP contribution in [0.15, 0.2) is 42.6 Å². The minimum atomic E-state index is -0.800. The second kappa shape index (κ2) is 14.8. The number of benzene rings is 1. The molecule has 1 heterocycles. The Bertz CT molecular complexity index is 1030. The van der Waals surface area contributed by atoms with E-state index >= 15 is 0 Å². The zero-order valence-electron chi connectivity index (χ0n) is 22.1. The van der Waals surface area contributed by atoms with Crippen LogP contribution in [0.3, 0.4) is 0 Å². The van der Waals surface area contributed by atoms with Crippen molar-refractivity contribution < 1.29 is 42.8 Å². The molecule has 0 aliphatic rings. The molecular weight excluding hydrogens is 482 g/mol. The first kappa shape index (κ1) is 29.6. The quantitative estimate of drug-likeness (QED) is 0.196. The van der Waals surface area contributed by atoms with Crippen LogP contribution in [0.5, 0.6) is 17.2 Å². The van der Waals surface area contributed by atoms with Gasteiger partial charge < -0.3 is 28.4 Å². The van der Waals surface area contributed by atoms with E-state index in [0.29, 0.717) is 5.75 Å². The standard InChI is InChI=1S/C27H35NO9/c1-17(2)25(36-20-10-8-7-9-11-20)23(15-32-5)37-27(31)18(3)14-21(30)24-26(35-16-34-19(4)29)22(33-6)12-13-28-24/h7-13,17-18,23,25H,14-16H2,1-6H3/t18-,23-,25-/m1/s1. The van der Waals surface area contributed by atoms with Crippen LogP contribution < -0.4 is 14.2 Å². The summed E-state index contributed by atoms with van der Waals surface area (Å²) in [4.78, 5) is 41.3.